The molecule has 2 N–H and O–H groups in total. The number of halogens is 1. The normalized spacial score (nSPS) is 17.7. The summed E-state index contributed by atoms with van der Waals surface area (Å²) in [4.78, 5) is 13.3. The first-order chi connectivity index (χ1) is 14.5. The van der Waals surface area contributed by atoms with Gasteiger partial charge in [0.25, 0.3) is 0 Å². The van der Waals surface area contributed by atoms with Crippen LogP contribution in [0.1, 0.15) is 29.9 Å². The molecule has 1 amide bonds. The van der Waals surface area contributed by atoms with Gasteiger partial charge in [0.15, 0.2) is 5.82 Å². The predicted octanol–water partition coefficient (Wildman–Crippen LogP) is 4.21. The molecule has 0 bridgehead atoms. The zero-order valence-corrected chi connectivity index (χ0v) is 18.4. The van der Waals surface area contributed by atoms with Crippen LogP contribution in [-0.4, -0.2) is 33.1 Å². The molecule has 0 radical (unpaired) electrons. The summed E-state index contributed by atoms with van der Waals surface area (Å²) in [6, 6.07) is 12.9. The van der Waals surface area contributed by atoms with Crippen molar-refractivity contribution in [3.63, 3.8) is 0 Å². The number of aryl methyl sites for hydroxylation is 1. The van der Waals surface area contributed by atoms with Gasteiger partial charge in [0.05, 0.1) is 13.2 Å². The van der Waals surface area contributed by atoms with Gasteiger partial charge >= 0.3 is 0 Å². The van der Waals surface area contributed by atoms with Crippen LogP contribution < -0.4 is 15.5 Å². The lowest BCUT2D eigenvalue weighted by molar-refractivity contribution is -0.116. The number of methoxy groups -OCH3 is 1. The molecular weight excluding hydrogens is 422 g/mol. The minimum atomic E-state index is -0.460. The van der Waals surface area contributed by atoms with E-state index in [0.717, 1.165) is 29.1 Å². The second kappa shape index (κ2) is 8.57. The molecule has 2 heterocycles. The van der Waals surface area contributed by atoms with Crippen LogP contribution in [0.3, 0.4) is 0 Å². The van der Waals surface area contributed by atoms with Crippen molar-refractivity contribution in [1.29, 1.82) is 0 Å². The molecule has 1 aliphatic heterocycles. The third kappa shape index (κ3) is 3.85. The van der Waals surface area contributed by atoms with E-state index in [2.05, 4.69) is 20.9 Å². The third-order valence-electron chi connectivity index (χ3n) is 5.08. The molecule has 0 saturated carbocycles. The molecule has 0 unspecified atom stereocenters. The summed E-state index contributed by atoms with van der Waals surface area (Å²) in [5.41, 5.74) is 5.93. The molecule has 30 heavy (non-hydrogen) atoms. The predicted molar refractivity (Wildman–Crippen MR) is 119 cm³/mol. The zero-order valence-electron chi connectivity index (χ0n) is 16.8. The number of fused-ring (bicyclic) bond motifs is 1. The third-order valence-corrected chi connectivity index (χ3v) is 6.70. The topological polar surface area (TPSA) is 81.1 Å². The number of amides is 1. The van der Waals surface area contributed by atoms with Crippen molar-refractivity contribution in [1.82, 2.24) is 14.9 Å². The van der Waals surface area contributed by atoms with Gasteiger partial charge in [0.1, 0.15) is 11.0 Å². The van der Waals surface area contributed by atoms with Gasteiger partial charge in [-0.25, -0.2) is 4.68 Å². The van der Waals surface area contributed by atoms with Gasteiger partial charge in [-0.2, -0.15) is 0 Å². The van der Waals surface area contributed by atoms with Gasteiger partial charge in [0.2, 0.25) is 11.1 Å². The lowest BCUT2D eigenvalue weighted by Crippen LogP contribution is -2.41. The van der Waals surface area contributed by atoms with Crippen LogP contribution >= 0.6 is 23.4 Å². The van der Waals surface area contributed by atoms with Crippen LogP contribution in [0.15, 0.2) is 47.6 Å². The van der Waals surface area contributed by atoms with Crippen molar-refractivity contribution in [2.24, 2.45) is 0 Å². The summed E-state index contributed by atoms with van der Waals surface area (Å²) in [6.07, 6.45) is 0.731. The maximum absolute atomic E-state index is 13.3. The summed E-state index contributed by atoms with van der Waals surface area (Å²) in [5, 5.41) is 12.3. The van der Waals surface area contributed by atoms with Gasteiger partial charge in [-0.3, -0.25) is 4.79 Å². The van der Waals surface area contributed by atoms with Gasteiger partial charge in [-0.05, 0) is 42.3 Å². The first kappa shape index (κ1) is 20.6. The van der Waals surface area contributed by atoms with E-state index in [-0.39, 0.29) is 11.9 Å². The second-order valence-electron chi connectivity index (χ2n) is 6.91. The number of anilines is 1. The van der Waals surface area contributed by atoms with E-state index in [4.69, 9.17) is 16.3 Å². The number of nitrogens with zero attached hydrogens (tertiary/aromatic N) is 3. The molecule has 4 rings (SSSR count). The number of nitrogens with one attached hydrogen (secondary N) is 2. The van der Waals surface area contributed by atoms with Crippen LogP contribution in [0.4, 0.5) is 5.69 Å². The lowest BCUT2D eigenvalue weighted by Gasteiger charge is -2.33. The van der Waals surface area contributed by atoms with Crippen LogP contribution in [-0.2, 0) is 11.2 Å². The number of thioether (sulfide) groups is 1. The van der Waals surface area contributed by atoms with Crippen LogP contribution in [0.2, 0.25) is 5.02 Å². The number of rotatable bonds is 5. The Morgan fingerprint density at radius 1 is 1.27 bits per heavy atom. The molecule has 0 aliphatic carbocycles. The lowest BCUT2D eigenvalue weighted by atomic mass is 10.0. The Kier molecular flexibility index (Phi) is 5.87. The van der Waals surface area contributed by atoms with Crippen molar-refractivity contribution in [3.8, 4) is 5.75 Å². The maximum Gasteiger partial charge on any atom is 0.240 e. The molecule has 2 aromatic carbocycles. The molecule has 0 spiro atoms. The van der Waals surface area contributed by atoms with E-state index in [9.17, 15) is 4.79 Å². The average molecular weight is 444 g/mol. The van der Waals surface area contributed by atoms with Crippen molar-refractivity contribution in [2.45, 2.75) is 36.7 Å². The van der Waals surface area contributed by atoms with Crippen LogP contribution in [0, 0.1) is 6.92 Å². The number of hydrogen-bond donors (Lipinski definition) is 2. The smallest absolute Gasteiger partial charge is 0.240 e. The molecule has 3 aromatic rings. The molecule has 2 atom stereocenters. The fourth-order valence-electron chi connectivity index (χ4n) is 3.34. The molecule has 9 heteroatoms. The molecule has 1 aliphatic rings. The van der Waals surface area contributed by atoms with Gasteiger partial charge < -0.3 is 15.5 Å². The summed E-state index contributed by atoms with van der Waals surface area (Å²) in [6.45, 7) is 3.90. The van der Waals surface area contributed by atoms with Gasteiger partial charge in [-0.15, -0.1) is 10.2 Å². The number of ether oxygens (including phenoxy) is 1. The van der Waals surface area contributed by atoms with E-state index in [0.29, 0.717) is 15.9 Å². The Bertz CT molecular complexity index is 1070. The molecule has 156 valence electrons. The Morgan fingerprint density at radius 3 is 2.73 bits per heavy atom. The van der Waals surface area contributed by atoms with E-state index < -0.39 is 5.25 Å². The van der Waals surface area contributed by atoms with Crippen LogP contribution in [0.5, 0.6) is 5.75 Å². The second-order valence-corrected chi connectivity index (χ2v) is 8.42. The van der Waals surface area contributed by atoms with Crippen LogP contribution in [0.25, 0.3) is 0 Å². The minimum Gasteiger partial charge on any atom is -0.497 e. The summed E-state index contributed by atoms with van der Waals surface area (Å²) in [5.74, 6) is 1.45. The number of carbonyl (C=O) groups is 1. The van der Waals surface area contributed by atoms with Crippen molar-refractivity contribution in [2.75, 3.05) is 17.9 Å². The standard InChI is InChI=1S/C21H22ClN5O2S/c1-4-17-24-25-21-27(17)26-18(13-8-10-14(29-3)11-9-13)19(30-21)20(28)23-16-7-5-6-15(22)12(16)2/h5-11,18-19,26H,4H2,1-3H3,(H,23,28)/t18-,19+/m1/s1. The number of benzene rings is 2. The summed E-state index contributed by atoms with van der Waals surface area (Å²) >= 11 is 7.61. The molecular formula is C21H22ClN5O2S. The zero-order chi connectivity index (χ0) is 21.3. The van der Waals surface area contributed by atoms with Crippen molar-refractivity contribution < 1.29 is 9.53 Å². The highest BCUT2D eigenvalue weighted by Crippen LogP contribution is 2.38. The number of aromatic nitrogens is 3. The number of hydrogen-bond acceptors (Lipinski definition) is 6. The SMILES string of the molecule is CCc1nnc2n1N[C@H](c1ccc(OC)cc1)[C@@H](C(=O)Nc1cccc(Cl)c1C)S2. The summed E-state index contributed by atoms with van der Waals surface area (Å²) in [7, 11) is 1.63. The first-order valence-corrected chi connectivity index (χ1v) is 10.8. The van der Waals surface area contributed by atoms with E-state index in [1.165, 1.54) is 11.8 Å². The first-order valence-electron chi connectivity index (χ1n) is 9.59. The Labute approximate surface area is 184 Å². The highest BCUT2D eigenvalue weighted by Gasteiger charge is 2.37. The maximum atomic E-state index is 13.3. The molecule has 0 saturated heterocycles. The molecule has 7 nitrogen and oxygen atoms in total. The fraction of sp³-hybridized carbons (Fsp3) is 0.286. The molecule has 0 fully saturated rings. The van der Waals surface area contributed by atoms with Gasteiger partial charge in [-0.1, -0.05) is 48.5 Å². The van der Waals surface area contributed by atoms with Gasteiger partial charge in [0, 0.05) is 17.1 Å². The average Bonchev–Trinajstić information content (AvgIpc) is 3.18. The Hall–Kier alpha value is -2.71. The summed E-state index contributed by atoms with van der Waals surface area (Å²) < 4.78 is 7.14. The largest absolute Gasteiger partial charge is 0.497 e. The Morgan fingerprint density at radius 2 is 2.03 bits per heavy atom. The van der Waals surface area contributed by atoms with E-state index in [1.54, 1.807) is 13.2 Å². The quantitative estimate of drug-likeness (QED) is 0.614. The highest BCUT2D eigenvalue weighted by atomic mass is 35.5. The monoisotopic (exact) mass is 443 g/mol. The van der Waals surface area contributed by atoms with Crippen molar-refractivity contribution in [3.05, 3.63) is 64.4 Å². The Balaban J connectivity index is 1.68. The van der Waals surface area contributed by atoms with Crippen molar-refractivity contribution >= 4 is 35.0 Å². The highest BCUT2D eigenvalue weighted by molar-refractivity contribution is 8.00. The van der Waals surface area contributed by atoms with E-state index in [1.807, 2.05) is 54.9 Å². The molecule has 1 aromatic heterocycles. The van der Waals surface area contributed by atoms with E-state index >= 15 is 0 Å². The number of carbonyl (C=O) groups excluding carboxylic acids is 1. The minimum absolute atomic E-state index is 0.133. The fourth-order valence-corrected chi connectivity index (χ4v) is 4.61.